The first kappa shape index (κ1) is 17.7. The molecule has 0 bridgehead atoms. The van der Waals surface area contributed by atoms with Gasteiger partial charge in [0.15, 0.2) is 6.61 Å². The Labute approximate surface area is 137 Å². The van der Waals surface area contributed by atoms with Gasteiger partial charge in [0.1, 0.15) is 0 Å². The van der Waals surface area contributed by atoms with Crippen molar-refractivity contribution in [2.45, 2.75) is 12.6 Å². The Morgan fingerprint density at radius 3 is 2.58 bits per heavy atom. The maximum absolute atomic E-state index is 12.2. The molecule has 0 atom stereocenters. The van der Waals surface area contributed by atoms with Crippen LogP contribution in [0.5, 0.6) is 5.88 Å². The second kappa shape index (κ2) is 7.76. The Morgan fingerprint density at radius 1 is 1.21 bits per heavy atom. The average Bonchev–Trinajstić information content (AvgIpc) is 2.58. The molecule has 0 aliphatic heterocycles. The highest BCUT2D eigenvalue weighted by molar-refractivity contribution is 5.93. The molecule has 8 heteroatoms. The number of alkyl halides is 3. The minimum Gasteiger partial charge on any atom is -0.468 e. The van der Waals surface area contributed by atoms with E-state index in [1.165, 1.54) is 23.2 Å². The van der Waals surface area contributed by atoms with Crippen molar-refractivity contribution in [3.63, 3.8) is 0 Å². The van der Waals surface area contributed by atoms with Crippen LogP contribution in [0, 0.1) is 0 Å². The van der Waals surface area contributed by atoms with Gasteiger partial charge in [0, 0.05) is 44.2 Å². The zero-order valence-electron chi connectivity index (χ0n) is 13.0. The van der Waals surface area contributed by atoms with E-state index in [2.05, 4.69) is 14.7 Å². The summed E-state index contributed by atoms with van der Waals surface area (Å²) in [6.45, 7) is -0.959. The standard InChI is InChI=1S/C16H16F3N3O2/c1-22(9-7-13-4-2-3-8-20-13)15(23)12-5-6-14(21-10-12)24-11-16(17,18)19/h2-6,8,10H,7,9,11H2,1H3. The van der Waals surface area contributed by atoms with E-state index in [0.717, 1.165) is 5.69 Å². The van der Waals surface area contributed by atoms with Crippen molar-refractivity contribution in [2.24, 2.45) is 0 Å². The van der Waals surface area contributed by atoms with Gasteiger partial charge in [0.05, 0.1) is 5.56 Å². The van der Waals surface area contributed by atoms with Crippen molar-refractivity contribution in [1.29, 1.82) is 0 Å². The van der Waals surface area contributed by atoms with Crippen LogP contribution in [-0.2, 0) is 6.42 Å². The Morgan fingerprint density at radius 2 is 2.00 bits per heavy atom. The molecule has 0 saturated carbocycles. The lowest BCUT2D eigenvalue weighted by atomic mass is 10.2. The third-order valence-electron chi connectivity index (χ3n) is 3.14. The van der Waals surface area contributed by atoms with E-state index in [9.17, 15) is 18.0 Å². The summed E-state index contributed by atoms with van der Waals surface area (Å²) >= 11 is 0. The summed E-state index contributed by atoms with van der Waals surface area (Å²) in [4.78, 5) is 21.6. The van der Waals surface area contributed by atoms with Crippen LogP contribution in [0.4, 0.5) is 13.2 Å². The van der Waals surface area contributed by atoms with Crippen LogP contribution >= 0.6 is 0 Å². The van der Waals surface area contributed by atoms with Crippen LogP contribution in [0.25, 0.3) is 0 Å². The number of ether oxygens (including phenoxy) is 1. The topological polar surface area (TPSA) is 55.3 Å². The fourth-order valence-corrected chi connectivity index (χ4v) is 1.90. The normalized spacial score (nSPS) is 11.2. The van der Waals surface area contributed by atoms with Gasteiger partial charge in [-0.2, -0.15) is 13.2 Å². The molecule has 24 heavy (non-hydrogen) atoms. The van der Waals surface area contributed by atoms with Gasteiger partial charge in [-0.1, -0.05) is 6.07 Å². The molecule has 0 aliphatic carbocycles. The molecule has 0 aliphatic rings. The zero-order chi connectivity index (χ0) is 17.6. The monoisotopic (exact) mass is 339 g/mol. The summed E-state index contributed by atoms with van der Waals surface area (Å²) in [7, 11) is 1.64. The fourth-order valence-electron chi connectivity index (χ4n) is 1.90. The summed E-state index contributed by atoms with van der Waals surface area (Å²) in [5.41, 5.74) is 1.14. The van der Waals surface area contributed by atoms with E-state index in [4.69, 9.17) is 0 Å². The van der Waals surface area contributed by atoms with E-state index in [1.54, 1.807) is 13.2 Å². The predicted molar refractivity (Wildman–Crippen MR) is 80.7 cm³/mol. The minimum atomic E-state index is -4.43. The number of amides is 1. The molecule has 2 aromatic heterocycles. The van der Waals surface area contributed by atoms with Gasteiger partial charge in [0.25, 0.3) is 5.91 Å². The molecule has 128 valence electrons. The fraction of sp³-hybridized carbons (Fsp3) is 0.312. The van der Waals surface area contributed by atoms with Gasteiger partial charge >= 0.3 is 6.18 Å². The highest BCUT2D eigenvalue weighted by atomic mass is 19.4. The highest BCUT2D eigenvalue weighted by Gasteiger charge is 2.28. The van der Waals surface area contributed by atoms with Crippen molar-refractivity contribution in [2.75, 3.05) is 20.2 Å². The van der Waals surface area contributed by atoms with Crippen LogP contribution in [0.3, 0.4) is 0 Å². The second-order valence-corrected chi connectivity index (χ2v) is 5.09. The first-order valence-corrected chi connectivity index (χ1v) is 7.16. The maximum Gasteiger partial charge on any atom is 0.422 e. The second-order valence-electron chi connectivity index (χ2n) is 5.09. The number of likely N-dealkylation sites (N-methyl/N-ethyl adjacent to an activating group) is 1. The molecule has 2 heterocycles. The summed E-state index contributed by atoms with van der Waals surface area (Å²) < 4.78 is 40.7. The lowest BCUT2D eigenvalue weighted by Gasteiger charge is -2.17. The van der Waals surface area contributed by atoms with Crippen LogP contribution in [0.1, 0.15) is 16.1 Å². The molecule has 1 amide bonds. The van der Waals surface area contributed by atoms with E-state index >= 15 is 0 Å². The lowest BCUT2D eigenvalue weighted by Crippen LogP contribution is -2.29. The summed E-state index contributed by atoms with van der Waals surface area (Å²) in [5.74, 6) is -0.458. The van der Waals surface area contributed by atoms with Gasteiger partial charge in [-0.3, -0.25) is 9.78 Å². The van der Waals surface area contributed by atoms with Gasteiger partial charge < -0.3 is 9.64 Å². The first-order chi connectivity index (χ1) is 11.3. The average molecular weight is 339 g/mol. The first-order valence-electron chi connectivity index (χ1n) is 7.16. The molecule has 5 nitrogen and oxygen atoms in total. The number of hydrogen-bond acceptors (Lipinski definition) is 4. The SMILES string of the molecule is CN(CCc1ccccn1)C(=O)c1ccc(OCC(F)(F)F)nc1. The molecule has 0 radical (unpaired) electrons. The van der Waals surface area contributed by atoms with E-state index in [-0.39, 0.29) is 17.4 Å². The largest absolute Gasteiger partial charge is 0.468 e. The number of aromatic nitrogens is 2. The smallest absolute Gasteiger partial charge is 0.422 e. The van der Waals surface area contributed by atoms with Gasteiger partial charge in [-0.15, -0.1) is 0 Å². The van der Waals surface area contributed by atoms with Crippen molar-refractivity contribution >= 4 is 5.91 Å². The summed E-state index contributed by atoms with van der Waals surface area (Å²) in [5, 5.41) is 0. The van der Waals surface area contributed by atoms with Gasteiger partial charge in [-0.25, -0.2) is 4.98 Å². The van der Waals surface area contributed by atoms with E-state index in [1.807, 2.05) is 18.2 Å². The van der Waals surface area contributed by atoms with Crippen molar-refractivity contribution in [3.8, 4) is 5.88 Å². The number of rotatable bonds is 6. The molecular formula is C16H16F3N3O2. The number of halogens is 3. The summed E-state index contributed by atoms with van der Waals surface area (Å²) in [6, 6.07) is 8.18. The Kier molecular flexibility index (Phi) is 5.73. The van der Waals surface area contributed by atoms with Crippen molar-refractivity contribution in [3.05, 3.63) is 54.0 Å². The van der Waals surface area contributed by atoms with Crippen LogP contribution in [0.15, 0.2) is 42.7 Å². The Bertz CT molecular complexity index is 661. The molecule has 0 spiro atoms. The predicted octanol–water partition coefficient (Wildman–Crippen LogP) is 2.73. The van der Waals surface area contributed by atoms with E-state index < -0.39 is 12.8 Å². The number of nitrogens with zero attached hydrogens (tertiary/aromatic N) is 3. The van der Waals surface area contributed by atoms with Crippen LogP contribution in [-0.4, -0.2) is 47.2 Å². The van der Waals surface area contributed by atoms with Gasteiger partial charge in [0.2, 0.25) is 5.88 Å². The molecule has 0 fully saturated rings. The zero-order valence-corrected chi connectivity index (χ0v) is 13.0. The molecule has 0 N–H and O–H groups in total. The van der Waals surface area contributed by atoms with Crippen molar-refractivity contribution in [1.82, 2.24) is 14.9 Å². The Balaban J connectivity index is 1.89. The number of carbonyl (C=O) groups excluding carboxylic acids is 1. The van der Waals surface area contributed by atoms with Crippen molar-refractivity contribution < 1.29 is 22.7 Å². The molecule has 0 unspecified atom stereocenters. The molecule has 0 aromatic carbocycles. The van der Waals surface area contributed by atoms with Gasteiger partial charge in [-0.05, 0) is 18.2 Å². The summed E-state index contributed by atoms with van der Waals surface area (Å²) in [6.07, 6.45) is -0.947. The Hall–Kier alpha value is -2.64. The lowest BCUT2D eigenvalue weighted by molar-refractivity contribution is -0.154. The molecule has 2 aromatic rings. The maximum atomic E-state index is 12.2. The minimum absolute atomic E-state index is 0.181. The van der Waals surface area contributed by atoms with Crippen LogP contribution < -0.4 is 4.74 Å². The van der Waals surface area contributed by atoms with Crippen LogP contribution in [0.2, 0.25) is 0 Å². The molecule has 2 rings (SSSR count). The third kappa shape index (κ3) is 5.53. The molecular weight excluding hydrogens is 323 g/mol. The number of hydrogen-bond donors (Lipinski definition) is 0. The van der Waals surface area contributed by atoms with E-state index in [0.29, 0.717) is 13.0 Å². The highest BCUT2D eigenvalue weighted by Crippen LogP contribution is 2.17. The quantitative estimate of drug-likeness (QED) is 0.812. The number of carbonyl (C=O) groups is 1. The third-order valence-corrected chi connectivity index (χ3v) is 3.14. The molecule has 0 saturated heterocycles. The number of pyridine rings is 2.